The molecule has 0 radical (unpaired) electrons. The molecule has 0 bridgehead atoms. The Bertz CT molecular complexity index is 2480. The topological polar surface area (TPSA) is 168 Å². The van der Waals surface area contributed by atoms with Crippen molar-refractivity contribution in [3.63, 3.8) is 0 Å². The highest BCUT2D eigenvalue weighted by atomic mass is 32.2. The molecule has 4 N–H and O–H groups in total. The molecule has 14 heteroatoms. The maximum Gasteiger partial charge on any atom is 0.262 e. The Morgan fingerprint density at radius 1 is 0.648 bits per heavy atom. The van der Waals surface area contributed by atoms with Crippen LogP contribution in [0.5, 0.6) is 0 Å². The third-order valence-corrected chi connectivity index (χ3v) is 13.7. The van der Waals surface area contributed by atoms with E-state index in [4.69, 9.17) is 9.97 Å². The minimum atomic E-state index is -0.972. The lowest BCUT2D eigenvalue weighted by Crippen LogP contribution is -2.77. The average Bonchev–Trinajstić information content (AvgIpc) is 3.65. The lowest BCUT2D eigenvalue weighted by atomic mass is 9.55. The standard InChI is InChI=1S/C40H34N6O6S2/c1-21-3-9-25(10-4-21)39-35(53-37-43-29-19-23(31(49)41-15-17-47)7-13-27(29)33(51)45(37)39)40(26-11-5-22(2)6-12-26)36(39)54-38-44-30-20-24(32(50)42-16-18-48)8-14-28(30)34(52)46(38)40/h3-14,19-20,35-36,47-48H,15-18H2,1-2H3,(H,41,49)(H,42,50). The van der Waals surface area contributed by atoms with Gasteiger partial charge in [-0.25, -0.2) is 9.97 Å². The van der Waals surface area contributed by atoms with Crippen molar-refractivity contribution in [3.05, 3.63) is 139 Å². The normalized spacial score (nSPS) is 21.9. The SMILES string of the molecule is Cc1ccc(C23C(Sc4nc5cc(C(=O)NCCO)ccc5c(=O)n42)C2(c4ccc(C)cc4)C3Sc3nc4cc(C(=O)NCCO)ccc4c(=O)n32)cc1. The van der Waals surface area contributed by atoms with Gasteiger partial charge < -0.3 is 20.8 Å². The van der Waals surface area contributed by atoms with Crippen LogP contribution in [0, 0.1) is 13.8 Å². The van der Waals surface area contributed by atoms with Gasteiger partial charge in [-0.1, -0.05) is 83.2 Å². The molecule has 0 saturated heterocycles. The number of aliphatic hydroxyl groups is 2. The first-order valence-corrected chi connectivity index (χ1v) is 19.3. The summed E-state index contributed by atoms with van der Waals surface area (Å²) in [6.07, 6.45) is 0. The van der Waals surface area contributed by atoms with Gasteiger partial charge in [0.1, 0.15) is 11.1 Å². The molecule has 12 nitrogen and oxygen atoms in total. The number of aryl methyl sites for hydroxylation is 2. The fourth-order valence-corrected chi connectivity index (χ4v) is 12.2. The first-order chi connectivity index (χ1) is 26.1. The largest absolute Gasteiger partial charge is 0.395 e. The highest BCUT2D eigenvalue weighted by molar-refractivity contribution is 8.02. The van der Waals surface area contributed by atoms with E-state index in [0.717, 1.165) is 22.3 Å². The Morgan fingerprint density at radius 2 is 1.04 bits per heavy atom. The molecule has 3 aliphatic rings. The van der Waals surface area contributed by atoms with Crippen molar-refractivity contribution in [2.45, 2.75) is 45.7 Å². The second-order valence-electron chi connectivity index (χ2n) is 13.9. The number of aliphatic hydroxyl groups excluding tert-OH is 2. The van der Waals surface area contributed by atoms with Crippen LogP contribution in [0.3, 0.4) is 0 Å². The lowest BCUT2D eigenvalue weighted by molar-refractivity contribution is 0.0714. The van der Waals surface area contributed by atoms with Crippen molar-refractivity contribution in [1.82, 2.24) is 29.7 Å². The van der Waals surface area contributed by atoms with Crippen LogP contribution in [-0.4, -0.2) is 77.9 Å². The predicted octanol–water partition coefficient (Wildman–Crippen LogP) is 3.32. The molecule has 1 fully saturated rings. The van der Waals surface area contributed by atoms with Crippen molar-refractivity contribution in [2.75, 3.05) is 26.3 Å². The van der Waals surface area contributed by atoms with Gasteiger partial charge in [0, 0.05) is 24.2 Å². The van der Waals surface area contributed by atoms with E-state index < -0.39 is 21.6 Å². The molecule has 9 rings (SSSR count). The lowest BCUT2D eigenvalue weighted by Gasteiger charge is -2.62. The summed E-state index contributed by atoms with van der Waals surface area (Å²) in [7, 11) is 0. The molecular formula is C40H34N6O6S2. The quantitative estimate of drug-likeness (QED) is 0.169. The monoisotopic (exact) mass is 758 g/mol. The van der Waals surface area contributed by atoms with Crippen LogP contribution in [-0.2, 0) is 11.1 Å². The summed E-state index contributed by atoms with van der Waals surface area (Å²) < 4.78 is 3.59. The summed E-state index contributed by atoms with van der Waals surface area (Å²) >= 11 is 2.90. The van der Waals surface area contributed by atoms with Gasteiger partial charge in [-0.05, 0) is 61.4 Å². The van der Waals surface area contributed by atoms with Gasteiger partial charge >= 0.3 is 0 Å². The second-order valence-corrected chi connectivity index (χ2v) is 16.0. The van der Waals surface area contributed by atoms with E-state index in [0.29, 0.717) is 43.2 Å². The van der Waals surface area contributed by atoms with Crippen molar-refractivity contribution >= 4 is 57.1 Å². The van der Waals surface area contributed by atoms with Gasteiger partial charge in [0.15, 0.2) is 10.3 Å². The van der Waals surface area contributed by atoms with E-state index in [2.05, 4.69) is 34.9 Å². The molecule has 1 saturated carbocycles. The number of hydrogen-bond acceptors (Lipinski definition) is 10. The molecule has 0 spiro atoms. The number of benzene rings is 4. The Balaban J connectivity index is 1.29. The molecule has 0 unspecified atom stereocenters. The number of carbonyl (C=O) groups excluding carboxylic acids is 2. The van der Waals surface area contributed by atoms with E-state index >= 15 is 0 Å². The molecule has 2 aliphatic heterocycles. The number of nitrogens with one attached hydrogen (secondary N) is 2. The molecule has 4 aromatic carbocycles. The van der Waals surface area contributed by atoms with Gasteiger partial charge in [0.05, 0.1) is 45.5 Å². The van der Waals surface area contributed by atoms with E-state index in [-0.39, 0.29) is 49.2 Å². The van der Waals surface area contributed by atoms with Gasteiger partial charge in [0.25, 0.3) is 22.9 Å². The summed E-state index contributed by atoms with van der Waals surface area (Å²) in [5, 5.41) is 24.6. The second kappa shape index (κ2) is 12.7. The molecule has 6 aromatic rings. The van der Waals surface area contributed by atoms with Gasteiger partial charge in [-0.15, -0.1) is 0 Å². The van der Waals surface area contributed by atoms with Crippen LogP contribution in [0.4, 0.5) is 0 Å². The third-order valence-electron chi connectivity index (χ3n) is 10.8. The Morgan fingerprint density at radius 3 is 1.41 bits per heavy atom. The van der Waals surface area contributed by atoms with Gasteiger partial charge in [-0.2, -0.15) is 0 Å². The Hall–Kier alpha value is -5.28. The van der Waals surface area contributed by atoms with Crippen molar-refractivity contribution in [2.24, 2.45) is 0 Å². The van der Waals surface area contributed by atoms with Crippen LogP contribution in [0.25, 0.3) is 21.8 Å². The third kappa shape index (κ3) is 4.66. The average molecular weight is 759 g/mol. The van der Waals surface area contributed by atoms with Gasteiger partial charge in [-0.3, -0.25) is 28.3 Å². The number of amides is 2. The zero-order valence-corrected chi connectivity index (χ0v) is 30.8. The smallest absolute Gasteiger partial charge is 0.262 e. The van der Waals surface area contributed by atoms with Crippen LogP contribution in [0.1, 0.15) is 43.0 Å². The summed E-state index contributed by atoms with van der Waals surface area (Å²) in [6, 6.07) is 26.0. The number of rotatable bonds is 8. The fraction of sp³-hybridized carbons (Fsp3) is 0.250. The molecular weight excluding hydrogens is 725 g/mol. The molecule has 4 heterocycles. The first kappa shape index (κ1) is 34.5. The predicted molar refractivity (Wildman–Crippen MR) is 207 cm³/mol. The van der Waals surface area contributed by atoms with Crippen LogP contribution >= 0.6 is 23.5 Å². The number of thioether (sulfide) groups is 2. The zero-order valence-electron chi connectivity index (χ0n) is 29.2. The Kier molecular flexibility index (Phi) is 8.08. The minimum absolute atomic E-state index is 0.0972. The molecule has 2 amide bonds. The maximum atomic E-state index is 14.9. The number of hydrogen-bond donors (Lipinski definition) is 4. The van der Waals surface area contributed by atoms with Gasteiger partial charge in [0.2, 0.25) is 0 Å². The molecule has 2 aromatic heterocycles. The van der Waals surface area contributed by atoms with Crippen LogP contribution < -0.4 is 21.8 Å². The van der Waals surface area contributed by atoms with Crippen molar-refractivity contribution < 1.29 is 19.8 Å². The molecule has 54 heavy (non-hydrogen) atoms. The highest BCUT2D eigenvalue weighted by Crippen LogP contribution is 2.74. The molecule has 1 aliphatic carbocycles. The van der Waals surface area contributed by atoms with E-state index in [1.807, 2.05) is 38.1 Å². The molecule has 272 valence electrons. The summed E-state index contributed by atoms with van der Waals surface area (Å²) in [5.74, 6) is -0.759. The first-order valence-electron chi connectivity index (χ1n) is 17.5. The highest BCUT2D eigenvalue weighted by Gasteiger charge is 2.81. The molecule has 0 atom stereocenters. The Labute approximate surface area is 316 Å². The number of nitrogens with zero attached hydrogens (tertiary/aromatic N) is 4. The van der Waals surface area contributed by atoms with Crippen LogP contribution in [0.2, 0.25) is 0 Å². The summed E-state index contributed by atoms with van der Waals surface area (Å²) in [5.41, 5.74) is 2.86. The zero-order chi connectivity index (χ0) is 37.5. The van der Waals surface area contributed by atoms with Crippen molar-refractivity contribution in [3.8, 4) is 0 Å². The van der Waals surface area contributed by atoms with E-state index in [1.54, 1.807) is 45.5 Å². The number of aromatic nitrogens is 4. The summed E-state index contributed by atoms with van der Waals surface area (Å²) in [6.45, 7) is 3.82. The number of carbonyl (C=O) groups is 2. The van der Waals surface area contributed by atoms with Crippen LogP contribution in [0.15, 0.2) is 105 Å². The number of fused-ring (bicyclic) bond motifs is 10. The van der Waals surface area contributed by atoms with Crippen molar-refractivity contribution in [1.29, 1.82) is 0 Å². The van der Waals surface area contributed by atoms with E-state index in [1.165, 1.54) is 23.5 Å². The maximum absolute atomic E-state index is 14.9. The minimum Gasteiger partial charge on any atom is -0.395 e. The van der Waals surface area contributed by atoms with E-state index in [9.17, 15) is 29.4 Å². The fourth-order valence-electron chi connectivity index (χ4n) is 8.36. The summed E-state index contributed by atoms with van der Waals surface area (Å²) in [4.78, 5) is 65.6.